The molecule has 0 bridgehead atoms. The zero-order valence-electron chi connectivity index (χ0n) is 10.7. The van der Waals surface area contributed by atoms with Gasteiger partial charge in [-0.2, -0.15) is 5.26 Å². The molecule has 1 N–H and O–H groups in total. The summed E-state index contributed by atoms with van der Waals surface area (Å²) < 4.78 is 5.23. The molecule has 1 aromatic rings. The molecule has 4 heteroatoms. The number of carbonyl (C=O) groups is 1. The zero-order chi connectivity index (χ0) is 13.4. The Balaban J connectivity index is 2.72. The van der Waals surface area contributed by atoms with Crippen LogP contribution in [0.5, 0.6) is 0 Å². The van der Waals surface area contributed by atoms with Crippen molar-refractivity contribution in [3.8, 4) is 6.07 Å². The number of hydrogen-bond donors (Lipinski definition) is 1. The van der Waals surface area contributed by atoms with Crippen LogP contribution in [0.4, 0.5) is 0 Å². The fourth-order valence-corrected chi connectivity index (χ4v) is 1.71. The average molecular weight is 246 g/mol. The Labute approximate surface area is 108 Å². The highest BCUT2D eigenvalue weighted by atomic mass is 16.5. The number of carbonyl (C=O) groups excluding carboxylic acids is 1. The van der Waals surface area contributed by atoms with Crippen LogP contribution >= 0.6 is 0 Å². The van der Waals surface area contributed by atoms with E-state index in [0.717, 1.165) is 12.0 Å². The minimum absolute atomic E-state index is 0.121. The third kappa shape index (κ3) is 3.86. The molecular weight excluding hydrogens is 228 g/mol. The largest absolute Gasteiger partial charge is 0.367 e. The molecule has 96 valence electrons. The standard InChI is InChI=1S/C14H18N2O2/c1-3-12(9-10-15)16-14(17)13(18-2)11-7-5-4-6-8-11/h4-8,12-13H,3,9H2,1-2H3,(H,16,17)/t12-,13-/m1/s1. The zero-order valence-corrected chi connectivity index (χ0v) is 10.7. The number of amides is 1. The minimum Gasteiger partial charge on any atom is -0.367 e. The maximum absolute atomic E-state index is 12.1. The van der Waals surface area contributed by atoms with Crippen LogP contribution in [-0.2, 0) is 9.53 Å². The topological polar surface area (TPSA) is 62.1 Å². The lowest BCUT2D eigenvalue weighted by Gasteiger charge is -2.19. The summed E-state index contributed by atoms with van der Waals surface area (Å²) in [6.07, 6.45) is 0.414. The molecule has 0 spiro atoms. The van der Waals surface area contributed by atoms with Gasteiger partial charge in [-0.25, -0.2) is 0 Å². The first-order chi connectivity index (χ1) is 8.72. The first kappa shape index (κ1) is 14.2. The fraction of sp³-hybridized carbons (Fsp3) is 0.429. The van der Waals surface area contributed by atoms with Crippen molar-refractivity contribution in [1.82, 2.24) is 5.32 Å². The highest BCUT2D eigenvalue weighted by Crippen LogP contribution is 2.16. The van der Waals surface area contributed by atoms with Gasteiger partial charge in [-0.1, -0.05) is 37.3 Å². The molecule has 1 aromatic carbocycles. The van der Waals surface area contributed by atoms with E-state index in [2.05, 4.69) is 11.4 Å². The summed E-state index contributed by atoms with van der Waals surface area (Å²) in [7, 11) is 1.50. The molecule has 0 aliphatic carbocycles. The highest BCUT2D eigenvalue weighted by Gasteiger charge is 2.21. The molecule has 0 aliphatic rings. The van der Waals surface area contributed by atoms with Gasteiger partial charge >= 0.3 is 0 Å². The lowest BCUT2D eigenvalue weighted by molar-refractivity contribution is -0.132. The molecule has 0 aliphatic heterocycles. The van der Waals surface area contributed by atoms with Gasteiger partial charge < -0.3 is 10.1 Å². The highest BCUT2D eigenvalue weighted by molar-refractivity contribution is 5.82. The van der Waals surface area contributed by atoms with E-state index in [1.54, 1.807) is 0 Å². The second kappa shape index (κ2) is 7.46. The average Bonchev–Trinajstić information content (AvgIpc) is 2.40. The number of rotatable bonds is 6. The lowest BCUT2D eigenvalue weighted by Crippen LogP contribution is -2.38. The molecule has 0 saturated carbocycles. The first-order valence-corrected chi connectivity index (χ1v) is 5.98. The molecule has 0 saturated heterocycles. The van der Waals surface area contributed by atoms with Gasteiger partial charge in [0.05, 0.1) is 12.5 Å². The predicted molar refractivity (Wildman–Crippen MR) is 68.6 cm³/mol. The Hall–Kier alpha value is -1.86. The quantitative estimate of drug-likeness (QED) is 0.836. The van der Waals surface area contributed by atoms with Crippen LogP contribution in [-0.4, -0.2) is 19.1 Å². The maximum Gasteiger partial charge on any atom is 0.254 e. The van der Waals surface area contributed by atoms with Crippen molar-refractivity contribution in [3.63, 3.8) is 0 Å². The van der Waals surface area contributed by atoms with Gasteiger partial charge in [0.15, 0.2) is 6.10 Å². The Morgan fingerprint density at radius 3 is 2.61 bits per heavy atom. The van der Waals surface area contributed by atoms with Crippen molar-refractivity contribution in [3.05, 3.63) is 35.9 Å². The summed E-state index contributed by atoms with van der Waals surface area (Å²) in [4.78, 5) is 12.1. The van der Waals surface area contributed by atoms with Gasteiger partial charge in [0, 0.05) is 13.2 Å². The Morgan fingerprint density at radius 1 is 1.44 bits per heavy atom. The second-order valence-electron chi connectivity index (χ2n) is 4.00. The molecular formula is C14H18N2O2. The lowest BCUT2D eigenvalue weighted by atomic mass is 10.1. The molecule has 4 nitrogen and oxygen atoms in total. The molecule has 0 heterocycles. The third-order valence-corrected chi connectivity index (χ3v) is 2.75. The number of ether oxygens (including phenoxy) is 1. The monoisotopic (exact) mass is 246 g/mol. The van der Waals surface area contributed by atoms with E-state index >= 15 is 0 Å². The molecule has 0 aromatic heterocycles. The van der Waals surface area contributed by atoms with Crippen LogP contribution in [0.15, 0.2) is 30.3 Å². The third-order valence-electron chi connectivity index (χ3n) is 2.75. The van der Waals surface area contributed by atoms with Crippen molar-refractivity contribution in [2.45, 2.75) is 31.9 Å². The number of nitrogens with zero attached hydrogens (tertiary/aromatic N) is 1. The summed E-state index contributed by atoms with van der Waals surface area (Å²) in [5, 5.41) is 11.5. The van der Waals surface area contributed by atoms with Crippen LogP contribution in [0, 0.1) is 11.3 Å². The van der Waals surface area contributed by atoms with Crippen molar-refractivity contribution in [2.75, 3.05) is 7.11 Å². The van der Waals surface area contributed by atoms with Crippen LogP contribution in [0.2, 0.25) is 0 Å². The summed E-state index contributed by atoms with van der Waals surface area (Å²) in [6, 6.07) is 11.2. The van der Waals surface area contributed by atoms with E-state index < -0.39 is 6.10 Å². The van der Waals surface area contributed by atoms with Gasteiger partial charge in [0.1, 0.15) is 0 Å². The Bertz CT molecular complexity index is 412. The van der Waals surface area contributed by atoms with E-state index in [9.17, 15) is 4.79 Å². The van der Waals surface area contributed by atoms with Crippen LogP contribution < -0.4 is 5.32 Å². The smallest absolute Gasteiger partial charge is 0.254 e. The SMILES string of the molecule is CC[C@H](CC#N)NC(=O)[C@H](OC)c1ccccc1. The van der Waals surface area contributed by atoms with Crippen molar-refractivity contribution < 1.29 is 9.53 Å². The van der Waals surface area contributed by atoms with Gasteiger partial charge in [0.25, 0.3) is 5.91 Å². The summed E-state index contributed by atoms with van der Waals surface area (Å²) >= 11 is 0. The van der Waals surface area contributed by atoms with E-state index in [1.807, 2.05) is 37.3 Å². The predicted octanol–water partition coefficient (Wildman–Crippen LogP) is 2.18. The minimum atomic E-state index is -0.626. The Morgan fingerprint density at radius 2 is 2.11 bits per heavy atom. The first-order valence-electron chi connectivity index (χ1n) is 5.98. The molecule has 0 radical (unpaired) electrons. The normalized spacial score (nSPS) is 13.4. The van der Waals surface area contributed by atoms with E-state index in [1.165, 1.54) is 7.11 Å². The van der Waals surface area contributed by atoms with E-state index in [0.29, 0.717) is 6.42 Å². The summed E-state index contributed by atoms with van der Waals surface area (Å²) in [5.41, 5.74) is 0.810. The number of benzene rings is 1. The van der Waals surface area contributed by atoms with Crippen molar-refractivity contribution in [1.29, 1.82) is 5.26 Å². The van der Waals surface area contributed by atoms with E-state index in [-0.39, 0.29) is 11.9 Å². The van der Waals surface area contributed by atoms with Gasteiger partial charge in [0.2, 0.25) is 0 Å². The number of hydrogen-bond acceptors (Lipinski definition) is 3. The van der Waals surface area contributed by atoms with Crippen molar-refractivity contribution in [2.24, 2.45) is 0 Å². The number of methoxy groups -OCH3 is 1. The molecule has 1 rings (SSSR count). The fourth-order valence-electron chi connectivity index (χ4n) is 1.71. The summed E-state index contributed by atoms with van der Waals surface area (Å²) in [6.45, 7) is 1.94. The number of nitriles is 1. The molecule has 1 amide bonds. The van der Waals surface area contributed by atoms with Crippen LogP contribution in [0.25, 0.3) is 0 Å². The van der Waals surface area contributed by atoms with Gasteiger partial charge in [-0.15, -0.1) is 0 Å². The van der Waals surface area contributed by atoms with Crippen LogP contribution in [0.3, 0.4) is 0 Å². The van der Waals surface area contributed by atoms with Gasteiger partial charge in [-0.3, -0.25) is 4.79 Å². The molecule has 18 heavy (non-hydrogen) atoms. The van der Waals surface area contributed by atoms with E-state index in [4.69, 9.17) is 10.00 Å². The number of nitrogens with one attached hydrogen (secondary N) is 1. The Kier molecular flexibility index (Phi) is 5.89. The molecule has 0 unspecified atom stereocenters. The van der Waals surface area contributed by atoms with Crippen LogP contribution in [0.1, 0.15) is 31.4 Å². The maximum atomic E-state index is 12.1. The molecule has 0 fully saturated rings. The van der Waals surface area contributed by atoms with Gasteiger partial charge in [-0.05, 0) is 12.0 Å². The molecule has 2 atom stereocenters. The summed E-state index contributed by atoms with van der Waals surface area (Å²) in [5.74, 6) is -0.203. The van der Waals surface area contributed by atoms with Crippen molar-refractivity contribution >= 4 is 5.91 Å². The second-order valence-corrected chi connectivity index (χ2v) is 4.00.